The molecule has 0 spiro atoms. The van der Waals surface area contributed by atoms with Crippen LogP contribution in [0.2, 0.25) is 0 Å². The predicted octanol–water partition coefficient (Wildman–Crippen LogP) is 4.31. The fraction of sp³-hybridized carbons (Fsp3) is 0.105. The van der Waals surface area contributed by atoms with Gasteiger partial charge in [-0.1, -0.05) is 48.5 Å². The lowest BCUT2D eigenvalue weighted by molar-refractivity contribution is 0.0601. The molecule has 1 N–H and O–H groups in total. The number of anilines is 1. The smallest absolute Gasteiger partial charge is 0.341 e. The average molecular weight is 387 g/mol. The van der Waals surface area contributed by atoms with Crippen molar-refractivity contribution in [3.63, 3.8) is 0 Å². The number of esters is 1. The lowest BCUT2D eigenvalue weighted by Gasteiger charge is -2.08. The van der Waals surface area contributed by atoms with Crippen LogP contribution in [-0.4, -0.2) is 21.5 Å². The lowest BCUT2D eigenvalue weighted by atomic mass is 10.1. The molecular weight excluding hydrogens is 370 g/mol. The van der Waals surface area contributed by atoms with Crippen molar-refractivity contribution in [1.29, 1.82) is 0 Å². The van der Waals surface area contributed by atoms with Crippen LogP contribution in [0.4, 0.5) is 5.00 Å². The van der Waals surface area contributed by atoms with Crippen molar-refractivity contribution < 1.29 is 17.9 Å². The molecule has 3 aromatic rings. The Bertz CT molecular complexity index is 1030. The summed E-state index contributed by atoms with van der Waals surface area (Å²) in [6.45, 7) is 1.78. The zero-order chi connectivity index (χ0) is 18.7. The number of methoxy groups -OCH3 is 1. The summed E-state index contributed by atoms with van der Waals surface area (Å²) in [4.78, 5) is 13.2. The second kappa shape index (κ2) is 7.31. The third-order valence-corrected chi connectivity index (χ3v) is 6.60. The summed E-state index contributed by atoms with van der Waals surface area (Å²) in [5.74, 6) is -0.577. The number of sulfonamides is 1. The minimum absolute atomic E-state index is 0.128. The maximum atomic E-state index is 12.7. The highest BCUT2D eigenvalue weighted by atomic mass is 32.2. The number of nitrogens with one attached hydrogen (secondary N) is 1. The molecule has 0 amide bonds. The summed E-state index contributed by atoms with van der Waals surface area (Å²) in [5, 5.41) is 0.247. The Labute approximate surface area is 156 Å². The summed E-state index contributed by atoms with van der Waals surface area (Å²) < 4.78 is 32.7. The standard InChI is InChI=1S/C19H17NO4S2/c1-13-16(19(21)24-2)18(25-17(13)14-9-5-3-6-10-14)20-26(22,23)15-11-7-4-8-12-15/h3-12,20H,1-2H3. The first-order valence-electron chi connectivity index (χ1n) is 7.79. The normalized spacial score (nSPS) is 11.2. The van der Waals surface area contributed by atoms with Crippen molar-refractivity contribution >= 4 is 32.3 Å². The molecule has 0 aliphatic rings. The first kappa shape index (κ1) is 18.2. The maximum Gasteiger partial charge on any atom is 0.341 e. The molecule has 26 heavy (non-hydrogen) atoms. The number of carbonyl (C=O) groups excluding carboxylic acids is 1. The van der Waals surface area contributed by atoms with E-state index in [1.54, 1.807) is 25.1 Å². The van der Waals surface area contributed by atoms with Gasteiger partial charge in [0, 0.05) is 4.88 Å². The number of rotatable bonds is 5. The van der Waals surface area contributed by atoms with E-state index in [2.05, 4.69) is 4.72 Å². The molecule has 0 bridgehead atoms. The van der Waals surface area contributed by atoms with Crippen molar-refractivity contribution in [3.05, 3.63) is 71.8 Å². The van der Waals surface area contributed by atoms with Gasteiger partial charge in [-0.25, -0.2) is 13.2 Å². The topological polar surface area (TPSA) is 72.5 Å². The quantitative estimate of drug-likeness (QED) is 0.662. The number of hydrogen-bond donors (Lipinski definition) is 1. The van der Waals surface area contributed by atoms with Crippen molar-refractivity contribution in [2.45, 2.75) is 11.8 Å². The van der Waals surface area contributed by atoms with E-state index in [-0.39, 0.29) is 15.5 Å². The monoisotopic (exact) mass is 387 g/mol. The van der Waals surface area contributed by atoms with Crippen LogP contribution in [0.3, 0.4) is 0 Å². The zero-order valence-electron chi connectivity index (χ0n) is 14.2. The summed E-state index contributed by atoms with van der Waals surface area (Å²) in [5.41, 5.74) is 1.82. The summed E-state index contributed by atoms with van der Waals surface area (Å²) in [7, 11) is -2.54. The van der Waals surface area contributed by atoms with Gasteiger partial charge in [-0.05, 0) is 30.2 Å². The van der Waals surface area contributed by atoms with Crippen LogP contribution in [0.1, 0.15) is 15.9 Å². The van der Waals surface area contributed by atoms with Gasteiger partial charge in [0.25, 0.3) is 10.0 Å². The van der Waals surface area contributed by atoms with Crippen molar-refractivity contribution in [2.24, 2.45) is 0 Å². The van der Waals surface area contributed by atoms with Gasteiger partial charge in [-0.2, -0.15) is 0 Å². The Hall–Kier alpha value is -2.64. The molecule has 1 heterocycles. The Kier molecular flexibility index (Phi) is 5.11. The Morgan fingerprint density at radius 2 is 1.58 bits per heavy atom. The van der Waals surface area contributed by atoms with E-state index in [1.807, 2.05) is 30.3 Å². The van der Waals surface area contributed by atoms with E-state index < -0.39 is 16.0 Å². The molecular formula is C19H17NO4S2. The molecule has 0 atom stereocenters. The van der Waals surface area contributed by atoms with E-state index in [9.17, 15) is 13.2 Å². The summed E-state index contributed by atoms with van der Waals surface area (Å²) in [6.07, 6.45) is 0. The molecule has 0 saturated carbocycles. The van der Waals surface area contributed by atoms with Crippen molar-refractivity contribution in [1.82, 2.24) is 0 Å². The Morgan fingerprint density at radius 3 is 2.15 bits per heavy atom. The number of ether oxygens (including phenoxy) is 1. The van der Waals surface area contributed by atoms with Gasteiger partial charge in [0.15, 0.2) is 0 Å². The van der Waals surface area contributed by atoms with Gasteiger partial charge in [-0.3, -0.25) is 4.72 Å². The van der Waals surface area contributed by atoms with Crippen LogP contribution >= 0.6 is 11.3 Å². The molecule has 0 aliphatic carbocycles. The average Bonchev–Trinajstić information content (AvgIpc) is 2.98. The molecule has 3 rings (SSSR count). The Balaban J connectivity index is 2.11. The van der Waals surface area contributed by atoms with Crippen LogP contribution in [0.25, 0.3) is 10.4 Å². The van der Waals surface area contributed by atoms with Crippen LogP contribution in [-0.2, 0) is 14.8 Å². The van der Waals surface area contributed by atoms with Gasteiger partial charge in [0.05, 0.1) is 17.6 Å². The van der Waals surface area contributed by atoms with Gasteiger partial charge in [0.1, 0.15) is 5.00 Å². The maximum absolute atomic E-state index is 12.7. The van der Waals surface area contributed by atoms with Crippen molar-refractivity contribution in [2.75, 3.05) is 11.8 Å². The van der Waals surface area contributed by atoms with E-state index in [4.69, 9.17) is 4.74 Å². The number of hydrogen-bond acceptors (Lipinski definition) is 5. The van der Waals surface area contributed by atoms with Gasteiger partial charge < -0.3 is 4.74 Å². The third kappa shape index (κ3) is 3.49. The minimum atomic E-state index is -3.81. The first-order chi connectivity index (χ1) is 12.4. The third-order valence-electron chi connectivity index (χ3n) is 3.85. The molecule has 0 fully saturated rings. The molecule has 7 heteroatoms. The van der Waals surface area contributed by atoms with Crippen LogP contribution < -0.4 is 4.72 Å². The molecule has 134 valence electrons. The zero-order valence-corrected chi connectivity index (χ0v) is 15.9. The fourth-order valence-corrected chi connectivity index (χ4v) is 5.11. The number of thiophene rings is 1. The second-order valence-corrected chi connectivity index (χ2v) is 8.24. The molecule has 0 aliphatic heterocycles. The number of carbonyl (C=O) groups is 1. The second-order valence-electron chi connectivity index (χ2n) is 5.54. The molecule has 1 aromatic heterocycles. The highest BCUT2D eigenvalue weighted by molar-refractivity contribution is 7.93. The van der Waals surface area contributed by atoms with Crippen molar-refractivity contribution in [3.8, 4) is 10.4 Å². The first-order valence-corrected chi connectivity index (χ1v) is 10.1. The summed E-state index contributed by atoms with van der Waals surface area (Å²) in [6, 6.07) is 17.5. The van der Waals surface area contributed by atoms with Crippen LogP contribution in [0.15, 0.2) is 65.6 Å². The van der Waals surface area contributed by atoms with E-state index in [1.165, 1.54) is 30.6 Å². The minimum Gasteiger partial charge on any atom is -0.465 e. The molecule has 0 saturated heterocycles. The SMILES string of the molecule is COC(=O)c1c(NS(=O)(=O)c2ccccc2)sc(-c2ccccc2)c1C. The molecule has 2 aromatic carbocycles. The highest BCUT2D eigenvalue weighted by Gasteiger charge is 2.26. The largest absolute Gasteiger partial charge is 0.465 e. The van der Waals surface area contributed by atoms with Gasteiger partial charge in [0.2, 0.25) is 0 Å². The number of benzene rings is 2. The van der Waals surface area contributed by atoms with E-state index >= 15 is 0 Å². The Morgan fingerprint density at radius 1 is 1.00 bits per heavy atom. The highest BCUT2D eigenvalue weighted by Crippen LogP contribution is 2.41. The van der Waals surface area contributed by atoms with Crippen LogP contribution in [0.5, 0.6) is 0 Å². The molecule has 0 unspecified atom stereocenters. The molecule has 5 nitrogen and oxygen atoms in total. The van der Waals surface area contributed by atoms with E-state index in [0.29, 0.717) is 5.56 Å². The van der Waals surface area contributed by atoms with Gasteiger partial charge in [-0.15, -0.1) is 11.3 Å². The molecule has 0 radical (unpaired) electrons. The van der Waals surface area contributed by atoms with Gasteiger partial charge >= 0.3 is 5.97 Å². The fourth-order valence-electron chi connectivity index (χ4n) is 2.58. The lowest BCUT2D eigenvalue weighted by Crippen LogP contribution is -2.14. The predicted molar refractivity (Wildman–Crippen MR) is 103 cm³/mol. The summed E-state index contributed by atoms with van der Waals surface area (Å²) >= 11 is 1.21. The van der Waals surface area contributed by atoms with Crippen LogP contribution in [0, 0.1) is 6.92 Å². The van der Waals surface area contributed by atoms with E-state index in [0.717, 1.165) is 10.4 Å².